The number of aliphatic carboxylic acids is 1. The number of carbonyl (C=O) groups is 1. The maximum absolute atomic E-state index is 11.6. The molecule has 110 valence electrons. The minimum atomic E-state index is -0.596. The van der Waals surface area contributed by atoms with Gasteiger partial charge in [-0.25, -0.2) is 0 Å². The topological polar surface area (TPSA) is 49.8 Å². The summed E-state index contributed by atoms with van der Waals surface area (Å²) in [6.45, 7) is 5.60. The van der Waals surface area contributed by atoms with Crippen LogP contribution < -0.4 is 0 Å². The van der Waals surface area contributed by atoms with Gasteiger partial charge in [-0.2, -0.15) is 0 Å². The number of rotatable bonds is 6. The highest BCUT2D eigenvalue weighted by Gasteiger charge is 2.43. The maximum atomic E-state index is 11.6. The summed E-state index contributed by atoms with van der Waals surface area (Å²) in [7, 11) is 0. The third-order valence-electron chi connectivity index (χ3n) is 4.56. The van der Waals surface area contributed by atoms with Gasteiger partial charge in [-0.15, -0.1) is 0 Å². The highest BCUT2D eigenvalue weighted by Crippen LogP contribution is 2.39. The molecule has 0 aromatic carbocycles. The van der Waals surface area contributed by atoms with Crippen LogP contribution in [0, 0.1) is 5.41 Å². The zero-order valence-corrected chi connectivity index (χ0v) is 12.1. The summed E-state index contributed by atoms with van der Waals surface area (Å²) in [4.78, 5) is 13.9. The molecule has 1 saturated heterocycles. The Balaban J connectivity index is 1.88. The summed E-state index contributed by atoms with van der Waals surface area (Å²) < 4.78 is 5.83. The fraction of sp³-hybridized carbons (Fsp3) is 0.933. The molecule has 2 fully saturated rings. The van der Waals surface area contributed by atoms with Gasteiger partial charge >= 0.3 is 5.97 Å². The van der Waals surface area contributed by atoms with Crippen molar-refractivity contribution in [2.24, 2.45) is 5.41 Å². The largest absolute Gasteiger partial charge is 0.481 e. The van der Waals surface area contributed by atoms with Crippen LogP contribution in [0.2, 0.25) is 0 Å². The highest BCUT2D eigenvalue weighted by molar-refractivity contribution is 5.75. The Labute approximate surface area is 116 Å². The SMILES string of the molecule is CCCOC1CCCN(CC2(C(=O)O)CCCC2)C1. The Kier molecular flexibility index (Phi) is 5.22. The zero-order valence-electron chi connectivity index (χ0n) is 12.1. The van der Waals surface area contributed by atoms with Crippen LogP contribution in [-0.4, -0.2) is 48.3 Å². The van der Waals surface area contributed by atoms with Gasteiger partial charge in [0.2, 0.25) is 0 Å². The van der Waals surface area contributed by atoms with Gasteiger partial charge in [-0.1, -0.05) is 19.8 Å². The summed E-state index contributed by atoms with van der Waals surface area (Å²) in [6.07, 6.45) is 7.43. The summed E-state index contributed by atoms with van der Waals surface area (Å²) in [5, 5.41) is 9.54. The van der Waals surface area contributed by atoms with Crippen LogP contribution >= 0.6 is 0 Å². The number of hydrogen-bond acceptors (Lipinski definition) is 3. The minimum absolute atomic E-state index is 0.306. The first-order valence-electron chi connectivity index (χ1n) is 7.74. The van der Waals surface area contributed by atoms with E-state index in [4.69, 9.17) is 4.74 Å². The summed E-state index contributed by atoms with van der Waals surface area (Å²) in [6, 6.07) is 0. The molecule has 1 atom stereocenters. The third-order valence-corrected chi connectivity index (χ3v) is 4.56. The Hall–Kier alpha value is -0.610. The third kappa shape index (κ3) is 3.69. The molecule has 1 saturated carbocycles. The normalized spacial score (nSPS) is 27.5. The Morgan fingerprint density at radius 2 is 2.11 bits per heavy atom. The highest BCUT2D eigenvalue weighted by atomic mass is 16.5. The number of piperidine rings is 1. The van der Waals surface area contributed by atoms with Crippen LogP contribution in [0.4, 0.5) is 0 Å². The number of hydrogen-bond donors (Lipinski definition) is 1. The first-order valence-corrected chi connectivity index (χ1v) is 7.74. The number of carboxylic acids is 1. The van der Waals surface area contributed by atoms with E-state index in [0.29, 0.717) is 12.6 Å². The van der Waals surface area contributed by atoms with Gasteiger partial charge in [0.25, 0.3) is 0 Å². The molecule has 1 unspecified atom stereocenters. The lowest BCUT2D eigenvalue weighted by Gasteiger charge is -2.37. The monoisotopic (exact) mass is 269 g/mol. The molecule has 1 heterocycles. The first kappa shape index (κ1) is 14.8. The van der Waals surface area contributed by atoms with E-state index in [-0.39, 0.29) is 0 Å². The van der Waals surface area contributed by atoms with Crippen molar-refractivity contribution in [3.05, 3.63) is 0 Å². The van der Waals surface area contributed by atoms with Crippen LogP contribution in [0.15, 0.2) is 0 Å². The van der Waals surface area contributed by atoms with Crippen molar-refractivity contribution in [3.63, 3.8) is 0 Å². The van der Waals surface area contributed by atoms with E-state index >= 15 is 0 Å². The summed E-state index contributed by atoms with van der Waals surface area (Å²) in [5.41, 5.74) is -0.480. The second-order valence-corrected chi connectivity index (χ2v) is 6.16. The average Bonchev–Trinajstić information content (AvgIpc) is 2.87. The molecule has 4 nitrogen and oxygen atoms in total. The number of carboxylic acid groups (broad SMARTS) is 1. The van der Waals surface area contributed by atoms with E-state index in [0.717, 1.165) is 64.6 Å². The molecule has 4 heteroatoms. The molecule has 1 aliphatic carbocycles. The standard InChI is InChI=1S/C15H27NO3/c1-2-10-19-13-6-5-9-16(11-13)12-15(14(17)18)7-3-4-8-15/h13H,2-12H2,1H3,(H,17,18). The van der Waals surface area contributed by atoms with Crippen LogP contribution in [0.5, 0.6) is 0 Å². The van der Waals surface area contributed by atoms with Gasteiger partial charge in [-0.05, 0) is 38.6 Å². The van der Waals surface area contributed by atoms with Crippen molar-refractivity contribution in [1.82, 2.24) is 4.90 Å². The molecule has 2 aliphatic rings. The van der Waals surface area contributed by atoms with E-state index < -0.39 is 11.4 Å². The van der Waals surface area contributed by atoms with Crippen molar-refractivity contribution in [1.29, 1.82) is 0 Å². The van der Waals surface area contributed by atoms with Crippen LogP contribution in [0.25, 0.3) is 0 Å². The lowest BCUT2D eigenvalue weighted by Crippen LogP contribution is -2.47. The lowest BCUT2D eigenvalue weighted by atomic mass is 9.85. The van der Waals surface area contributed by atoms with Gasteiger partial charge in [0.15, 0.2) is 0 Å². The molecule has 0 amide bonds. The predicted octanol–water partition coefficient (Wildman–Crippen LogP) is 2.52. The van der Waals surface area contributed by atoms with Crippen molar-refractivity contribution in [2.45, 2.75) is 58.0 Å². The smallest absolute Gasteiger partial charge is 0.310 e. The molecular weight excluding hydrogens is 242 g/mol. The van der Waals surface area contributed by atoms with E-state index in [2.05, 4.69) is 11.8 Å². The fourth-order valence-electron chi connectivity index (χ4n) is 3.50. The van der Waals surface area contributed by atoms with Crippen molar-refractivity contribution in [3.8, 4) is 0 Å². The van der Waals surface area contributed by atoms with Gasteiger partial charge in [-0.3, -0.25) is 9.69 Å². The van der Waals surface area contributed by atoms with Crippen LogP contribution in [0.3, 0.4) is 0 Å². The van der Waals surface area contributed by atoms with Gasteiger partial charge in [0.1, 0.15) is 0 Å². The second-order valence-electron chi connectivity index (χ2n) is 6.16. The average molecular weight is 269 g/mol. The Morgan fingerprint density at radius 1 is 1.37 bits per heavy atom. The molecule has 0 aromatic rings. The van der Waals surface area contributed by atoms with Crippen LogP contribution in [-0.2, 0) is 9.53 Å². The van der Waals surface area contributed by atoms with E-state index in [1.807, 2.05) is 0 Å². The summed E-state index contributed by atoms with van der Waals surface area (Å²) >= 11 is 0. The minimum Gasteiger partial charge on any atom is -0.481 e. The molecule has 0 spiro atoms. The number of ether oxygens (including phenoxy) is 1. The zero-order chi connectivity index (χ0) is 13.7. The van der Waals surface area contributed by atoms with Crippen molar-refractivity contribution < 1.29 is 14.6 Å². The van der Waals surface area contributed by atoms with Gasteiger partial charge < -0.3 is 9.84 Å². The van der Waals surface area contributed by atoms with Crippen molar-refractivity contribution in [2.75, 3.05) is 26.2 Å². The maximum Gasteiger partial charge on any atom is 0.310 e. The van der Waals surface area contributed by atoms with E-state index in [1.54, 1.807) is 0 Å². The summed E-state index contributed by atoms with van der Waals surface area (Å²) in [5.74, 6) is -0.596. The van der Waals surface area contributed by atoms with E-state index in [1.165, 1.54) is 0 Å². The molecule has 1 N–H and O–H groups in total. The lowest BCUT2D eigenvalue weighted by molar-refractivity contribution is -0.150. The first-order chi connectivity index (χ1) is 9.16. The van der Waals surface area contributed by atoms with Gasteiger partial charge in [0.05, 0.1) is 11.5 Å². The number of nitrogens with zero attached hydrogens (tertiary/aromatic N) is 1. The quantitative estimate of drug-likeness (QED) is 0.805. The Morgan fingerprint density at radius 3 is 2.74 bits per heavy atom. The predicted molar refractivity (Wildman–Crippen MR) is 74.2 cm³/mol. The van der Waals surface area contributed by atoms with Crippen molar-refractivity contribution >= 4 is 5.97 Å². The molecular formula is C15H27NO3. The number of likely N-dealkylation sites (tertiary alicyclic amines) is 1. The van der Waals surface area contributed by atoms with Gasteiger partial charge in [0, 0.05) is 19.7 Å². The molecule has 19 heavy (non-hydrogen) atoms. The van der Waals surface area contributed by atoms with Crippen LogP contribution in [0.1, 0.15) is 51.9 Å². The molecule has 0 radical (unpaired) electrons. The van der Waals surface area contributed by atoms with E-state index in [9.17, 15) is 9.90 Å². The molecule has 2 rings (SSSR count). The second kappa shape index (κ2) is 6.71. The molecule has 1 aliphatic heterocycles. The Bertz CT molecular complexity index is 300. The molecule has 0 bridgehead atoms. The fourth-order valence-corrected chi connectivity index (χ4v) is 3.50. The molecule has 0 aromatic heterocycles.